The first-order chi connectivity index (χ1) is 8.78. The van der Waals surface area contributed by atoms with E-state index in [0.29, 0.717) is 6.42 Å². The van der Waals surface area contributed by atoms with Crippen molar-refractivity contribution < 1.29 is 4.79 Å². The van der Waals surface area contributed by atoms with Crippen molar-refractivity contribution >= 4 is 11.6 Å². The van der Waals surface area contributed by atoms with Gasteiger partial charge in [0, 0.05) is 17.4 Å². The van der Waals surface area contributed by atoms with Crippen molar-refractivity contribution in [1.82, 2.24) is 15.5 Å². The molecule has 2 heterocycles. The number of nitrogens with one attached hydrogen (secondary N) is 3. The number of amides is 1. The zero-order chi connectivity index (χ0) is 12.5. The molecule has 0 aliphatic carbocycles. The lowest BCUT2D eigenvalue weighted by atomic mass is 9.98. The molecule has 0 radical (unpaired) electrons. The second-order valence-corrected chi connectivity index (χ2v) is 4.39. The highest BCUT2D eigenvalue weighted by Crippen LogP contribution is 2.28. The second-order valence-electron chi connectivity index (χ2n) is 4.39. The van der Waals surface area contributed by atoms with Gasteiger partial charge in [-0.15, -0.1) is 0 Å². The van der Waals surface area contributed by atoms with E-state index < -0.39 is 0 Å². The summed E-state index contributed by atoms with van der Waals surface area (Å²) < 4.78 is 0. The summed E-state index contributed by atoms with van der Waals surface area (Å²) in [6, 6.07) is 6.14. The van der Waals surface area contributed by atoms with E-state index in [9.17, 15) is 4.79 Å². The highest BCUT2D eigenvalue weighted by Gasteiger charge is 2.20. The van der Waals surface area contributed by atoms with Crippen LogP contribution in [0.3, 0.4) is 0 Å². The van der Waals surface area contributed by atoms with Crippen LogP contribution in [0.25, 0.3) is 0 Å². The average Bonchev–Trinajstić information content (AvgIpc) is 2.97. The minimum atomic E-state index is 0.0615. The monoisotopic (exact) mass is 242 g/mol. The van der Waals surface area contributed by atoms with E-state index in [4.69, 9.17) is 0 Å². The Bertz CT molecular complexity index is 577. The molecule has 1 aliphatic heterocycles. The van der Waals surface area contributed by atoms with Gasteiger partial charge in [0.15, 0.2) is 0 Å². The normalized spacial score (nSPS) is 15.3. The van der Waals surface area contributed by atoms with Gasteiger partial charge in [0.2, 0.25) is 5.91 Å². The Labute approximate surface area is 105 Å². The first-order valence-corrected chi connectivity index (χ1v) is 5.86. The SMILES string of the molecule is CNC(c1cn[nH]c1)c1ccc2c(c1)CC(=O)N2. The van der Waals surface area contributed by atoms with Crippen LogP contribution in [0.1, 0.15) is 22.7 Å². The molecule has 5 heteroatoms. The molecule has 3 rings (SSSR count). The fourth-order valence-corrected chi connectivity index (χ4v) is 2.37. The molecule has 92 valence electrons. The van der Waals surface area contributed by atoms with Crippen LogP contribution < -0.4 is 10.6 Å². The molecule has 1 aliphatic rings. The van der Waals surface area contributed by atoms with Crippen LogP contribution in [0.4, 0.5) is 5.69 Å². The lowest BCUT2D eigenvalue weighted by Crippen LogP contribution is -2.17. The fourth-order valence-electron chi connectivity index (χ4n) is 2.37. The number of hydrogen-bond acceptors (Lipinski definition) is 3. The summed E-state index contributed by atoms with van der Waals surface area (Å²) in [6.45, 7) is 0. The van der Waals surface area contributed by atoms with Crippen molar-refractivity contribution in [2.45, 2.75) is 12.5 Å². The third-order valence-electron chi connectivity index (χ3n) is 3.23. The summed E-state index contributed by atoms with van der Waals surface area (Å²) in [5, 5.41) is 12.9. The molecule has 2 aromatic rings. The first kappa shape index (κ1) is 11.0. The van der Waals surface area contributed by atoms with E-state index >= 15 is 0 Å². The molecule has 1 atom stereocenters. The molecule has 0 saturated carbocycles. The minimum Gasteiger partial charge on any atom is -0.326 e. The van der Waals surface area contributed by atoms with Gasteiger partial charge >= 0.3 is 0 Å². The lowest BCUT2D eigenvalue weighted by molar-refractivity contribution is -0.115. The molecule has 5 nitrogen and oxygen atoms in total. The molecule has 1 aromatic carbocycles. The summed E-state index contributed by atoms with van der Waals surface area (Å²) in [5.74, 6) is 0.0615. The Morgan fingerprint density at radius 2 is 2.28 bits per heavy atom. The number of aromatic nitrogens is 2. The van der Waals surface area contributed by atoms with Gasteiger partial charge in [0.05, 0.1) is 18.7 Å². The van der Waals surface area contributed by atoms with Crippen LogP contribution in [-0.4, -0.2) is 23.2 Å². The molecule has 0 fully saturated rings. The molecular formula is C13H14N4O. The van der Waals surface area contributed by atoms with Crippen molar-refractivity contribution in [3.05, 3.63) is 47.3 Å². The summed E-state index contributed by atoms with van der Waals surface area (Å²) in [4.78, 5) is 11.3. The molecule has 1 unspecified atom stereocenters. The minimum absolute atomic E-state index is 0.0615. The van der Waals surface area contributed by atoms with E-state index in [-0.39, 0.29) is 11.9 Å². The van der Waals surface area contributed by atoms with Gasteiger partial charge in [-0.05, 0) is 24.2 Å². The fraction of sp³-hybridized carbons (Fsp3) is 0.231. The van der Waals surface area contributed by atoms with Crippen LogP contribution >= 0.6 is 0 Å². The van der Waals surface area contributed by atoms with E-state index in [0.717, 1.165) is 22.4 Å². The predicted octanol–water partition coefficient (Wildman–Crippen LogP) is 1.21. The number of H-pyrrole nitrogens is 1. The summed E-state index contributed by atoms with van der Waals surface area (Å²) in [5.41, 5.74) is 4.19. The number of rotatable bonds is 3. The average molecular weight is 242 g/mol. The highest BCUT2D eigenvalue weighted by molar-refractivity contribution is 5.99. The first-order valence-electron chi connectivity index (χ1n) is 5.86. The summed E-state index contributed by atoms with van der Waals surface area (Å²) in [7, 11) is 1.91. The van der Waals surface area contributed by atoms with Gasteiger partial charge in [0.1, 0.15) is 0 Å². The quantitative estimate of drug-likeness (QED) is 0.757. The number of carbonyl (C=O) groups is 1. The van der Waals surface area contributed by atoms with Crippen LogP contribution in [0.5, 0.6) is 0 Å². The van der Waals surface area contributed by atoms with E-state index in [1.807, 2.05) is 25.4 Å². The van der Waals surface area contributed by atoms with E-state index in [1.165, 1.54) is 0 Å². The van der Waals surface area contributed by atoms with Gasteiger partial charge in [-0.2, -0.15) is 5.10 Å². The maximum atomic E-state index is 11.3. The van der Waals surface area contributed by atoms with Gasteiger partial charge in [-0.25, -0.2) is 0 Å². The molecule has 1 aromatic heterocycles. The topological polar surface area (TPSA) is 69.8 Å². The number of aromatic amines is 1. The maximum absolute atomic E-state index is 11.3. The molecular weight excluding hydrogens is 228 g/mol. The van der Waals surface area contributed by atoms with Gasteiger partial charge in [-0.3, -0.25) is 9.89 Å². The third kappa shape index (κ3) is 1.78. The molecule has 0 spiro atoms. The number of anilines is 1. The Hall–Kier alpha value is -2.14. The standard InChI is InChI=1S/C13H14N4O/c1-14-13(10-6-15-16-7-10)8-2-3-11-9(4-8)5-12(18)17-11/h2-4,6-7,13-14H,5H2,1H3,(H,15,16)(H,17,18). The molecule has 1 amide bonds. The smallest absolute Gasteiger partial charge is 0.228 e. The van der Waals surface area contributed by atoms with Gasteiger partial charge < -0.3 is 10.6 Å². The lowest BCUT2D eigenvalue weighted by Gasteiger charge is -2.15. The number of benzene rings is 1. The largest absolute Gasteiger partial charge is 0.326 e. The number of nitrogens with zero attached hydrogens (tertiary/aromatic N) is 1. The Balaban J connectivity index is 1.97. The second kappa shape index (κ2) is 4.27. The van der Waals surface area contributed by atoms with Gasteiger partial charge in [0.25, 0.3) is 0 Å². The predicted molar refractivity (Wildman–Crippen MR) is 68.3 cm³/mol. The van der Waals surface area contributed by atoms with Gasteiger partial charge in [-0.1, -0.05) is 12.1 Å². The zero-order valence-corrected chi connectivity index (χ0v) is 10.0. The Morgan fingerprint density at radius 3 is 3.00 bits per heavy atom. The number of carbonyl (C=O) groups excluding carboxylic acids is 1. The van der Waals surface area contributed by atoms with Crippen LogP contribution in [0.2, 0.25) is 0 Å². The van der Waals surface area contributed by atoms with Crippen molar-refractivity contribution in [3.8, 4) is 0 Å². The number of hydrogen-bond donors (Lipinski definition) is 3. The summed E-state index contributed by atoms with van der Waals surface area (Å²) >= 11 is 0. The Kier molecular flexibility index (Phi) is 2.60. The molecule has 0 saturated heterocycles. The molecule has 18 heavy (non-hydrogen) atoms. The van der Waals surface area contributed by atoms with Crippen LogP contribution in [0, 0.1) is 0 Å². The van der Waals surface area contributed by atoms with E-state index in [2.05, 4.69) is 26.9 Å². The van der Waals surface area contributed by atoms with Crippen LogP contribution in [-0.2, 0) is 11.2 Å². The van der Waals surface area contributed by atoms with Crippen LogP contribution in [0.15, 0.2) is 30.6 Å². The maximum Gasteiger partial charge on any atom is 0.228 e. The van der Waals surface area contributed by atoms with Crippen molar-refractivity contribution in [2.75, 3.05) is 12.4 Å². The Morgan fingerprint density at radius 1 is 1.39 bits per heavy atom. The van der Waals surface area contributed by atoms with Crippen molar-refractivity contribution in [2.24, 2.45) is 0 Å². The summed E-state index contributed by atoms with van der Waals surface area (Å²) in [6.07, 6.45) is 4.14. The van der Waals surface area contributed by atoms with Crippen molar-refractivity contribution in [3.63, 3.8) is 0 Å². The third-order valence-corrected chi connectivity index (χ3v) is 3.23. The van der Waals surface area contributed by atoms with Crippen molar-refractivity contribution in [1.29, 1.82) is 0 Å². The molecule has 0 bridgehead atoms. The molecule has 3 N–H and O–H groups in total. The van der Waals surface area contributed by atoms with E-state index in [1.54, 1.807) is 6.20 Å². The number of fused-ring (bicyclic) bond motifs is 1. The zero-order valence-electron chi connectivity index (χ0n) is 10.0. The highest BCUT2D eigenvalue weighted by atomic mass is 16.1.